The zero-order valence-electron chi connectivity index (χ0n) is 11.8. The molecule has 1 aliphatic heterocycles. The van der Waals surface area contributed by atoms with Crippen molar-refractivity contribution in [2.75, 3.05) is 32.2 Å². The van der Waals surface area contributed by atoms with Crippen molar-refractivity contribution >= 4 is 11.8 Å². The lowest BCUT2D eigenvalue weighted by atomic mass is 10.3. The topological polar surface area (TPSA) is 106 Å². The molecule has 1 aromatic heterocycles. The Morgan fingerprint density at radius 2 is 1.95 bits per heavy atom. The number of rotatable bonds is 4. The van der Waals surface area contributed by atoms with Crippen LogP contribution in [0.3, 0.4) is 0 Å². The Balaban J connectivity index is 2.27. The molecular weight excluding hydrogens is 262 g/mol. The van der Waals surface area contributed by atoms with Gasteiger partial charge in [-0.1, -0.05) is 5.16 Å². The maximum absolute atomic E-state index is 8.74. The van der Waals surface area contributed by atoms with E-state index < -0.39 is 0 Å². The molecule has 1 aliphatic rings. The number of anilines is 1. The standard InChI is InChI=1S/C12H19N5O3/c1-7-4-8(11(13)16-18)15-12(14-7)17-5-9(19-2)10(6-17)20-3/h4,9-10,18H,5-6H2,1-3H3,(H2,13,16). The van der Waals surface area contributed by atoms with E-state index in [2.05, 4.69) is 15.1 Å². The molecule has 3 N–H and O–H groups in total. The summed E-state index contributed by atoms with van der Waals surface area (Å²) in [6.07, 6.45) is -0.0622. The number of nitrogens with zero attached hydrogens (tertiary/aromatic N) is 4. The van der Waals surface area contributed by atoms with E-state index in [1.54, 1.807) is 20.3 Å². The van der Waals surface area contributed by atoms with Crippen molar-refractivity contribution < 1.29 is 14.7 Å². The molecule has 0 amide bonds. The summed E-state index contributed by atoms with van der Waals surface area (Å²) in [4.78, 5) is 10.7. The molecule has 8 heteroatoms. The maximum Gasteiger partial charge on any atom is 0.226 e. The molecule has 2 atom stereocenters. The maximum atomic E-state index is 8.74. The molecule has 0 bridgehead atoms. The molecule has 1 fully saturated rings. The van der Waals surface area contributed by atoms with Crippen molar-refractivity contribution in [2.45, 2.75) is 19.1 Å². The highest BCUT2D eigenvalue weighted by atomic mass is 16.5. The van der Waals surface area contributed by atoms with Crippen LogP contribution < -0.4 is 10.6 Å². The van der Waals surface area contributed by atoms with Crippen LogP contribution in [-0.4, -0.2) is 60.5 Å². The fraction of sp³-hybridized carbons (Fsp3) is 0.583. The number of ether oxygens (including phenoxy) is 2. The van der Waals surface area contributed by atoms with Crippen LogP contribution in [0.1, 0.15) is 11.4 Å². The first kappa shape index (κ1) is 14.5. The van der Waals surface area contributed by atoms with Crippen LogP contribution in [0.25, 0.3) is 0 Å². The fourth-order valence-electron chi connectivity index (χ4n) is 2.24. The molecule has 20 heavy (non-hydrogen) atoms. The summed E-state index contributed by atoms with van der Waals surface area (Å²) in [5.41, 5.74) is 6.71. The van der Waals surface area contributed by atoms with Crippen LogP contribution in [0.15, 0.2) is 11.2 Å². The van der Waals surface area contributed by atoms with E-state index in [0.29, 0.717) is 24.7 Å². The molecule has 0 radical (unpaired) electrons. The molecule has 110 valence electrons. The van der Waals surface area contributed by atoms with E-state index in [0.717, 1.165) is 5.69 Å². The fourth-order valence-corrected chi connectivity index (χ4v) is 2.24. The van der Waals surface area contributed by atoms with Crippen molar-refractivity contribution in [3.63, 3.8) is 0 Å². The van der Waals surface area contributed by atoms with Crippen LogP contribution in [0.4, 0.5) is 5.95 Å². The van der Waals surface area contributed by atoms with Gasteiger partial charge in [0.15, 0.2) is 5.84 Å². The van der Waals surface area contributed by atoms with Crippen LogP contribution in [0, 0.1) is 6.92 Å². The van der Waals surface area contributed by atoms with Crippen LogP contribution in [0.2, 0.25) is 0 Å². The first-order valence-electron chi connectivity index (χ1n) is 6.23. The first-order valence-corrected chi connectivity index (χ1v) is 6.23. The molecule has 1 saturated heterocycles. The minimum absolute atomic E-state index is 0.0311. The SMILES string of the molecule is COC1CN(c2nc(C)cc(/C(N)=N/O)n2)CC1OC. The van der Waals surface area contributed by atoms with Gasteiger partial charge in [-0.15, -0.1) is 0 Å². The lowest BCUT2D eigenvalue weighted by molar-refractivity contribution is -0.00461. The summed E-state index contributed by atoms with van der Waals surface area (Å²) in [5, 5.41) is 11.7. The number of oxime groups is 1. The van der Waals surface area contributed by atoms with Gasteiger partial charge in [0.1, 0.15) is 17.9 Å². The Morgan fingerprint density at radius 3 is 2.45 bits per heavy atom. The highest BCUT2D eigenvalue weighted by molar-refractivity contribution is 5.95. The lowest BCUT2D eigenvalue weighted by Gasteiger charge is -2.16. The number of methoxy groups -OCH3 is 2. The highest BCUT2D eigenvalue weighted by Gasteiger charge is 2.34. The van der Waals surface area contributed by atoms with Gasteiger partial charge < -0.3 is 25.3 Å². The number of nitrogens with two attached hydrogens (primary N) is 1. The van der Waals surface area contributed by atoms with Gasteiger partial charge in [-0.05, 0) is 13.0 Å². The zero-order chi connectivity index (χ0) is 14.7. The van der Waals surface area contributed by atoms with E-state index in [1.807, 2.05) is 11.8 Å². The van der Waals surface area contributed by atoms with E-state index in [9.17, 15) is 0 Å². The van der Waals surface area contributed by atoms with Gasteiger partial charge in [0.25, 0.3) is 0 Å². The number of hydrogen-bond acceptors (Lipinski definition) is 7. The third-order valence-corrected chi connectivity index (χ3v) is 3.32. The zero-order valence-corrected chi connectivity index (χ0v) is 11.8. The number of aryl methyl sites for hydroxylation is 1. The Hall–Kier alpha value is -1.93. The third-order valence-electron chi connectivity index (χ3n) is 3.32. The lowest BCUT2D eigenvalue weighted by Crippen LogP contribution is -2.27. The van der Waals surface area contributed by atoms with E-state index in [4.69, 9.17) is 20.4 Å². The van der Waals surface area contributed by atoms with E-state index in [-0.39, 0.29) is 18.0 Å². The van der Waals surface area contributed by atoms with Crippen molar-refractivity contribution in [1.29, 1.82) is 0 Å². The first-order chi connectivity index (χ1) is 9.58. The average molecular weight is 281 g/mol. The van der Waals surface area contributed by atoms with E-state index >= 15 is 0 Å². The molecule has 2 unspecified atom stereocenters. The molecule has 0 aromatic carbocycles. The van der Waals surface area contributed by atoms with Gasteiger partial charge in [-0.25, -0.2) is 9.97 Å². The summed E-state index contributed by atoms with van der Waals surface area (Å²) in [6, 6.07) is 1.66. The molecule has 8 nitrogen and oxygen atoms in total. The van der Waals surface area contributed by atoms with Crippen molar-refractivity contribution in [2.24, 2.45) is 10.9 Å². The van der Waals surface area contributed by atoms with Gasteiger partial charge in [0.05, 0.1) is 0 Å². The third kappa shape index (κ3) is 2.81. The Labute approximate surface area is 117 Å². The second-order valence-corrected chi connectivity index (χ2v) is 4.63. The summed E-state index contributed by atoms with van der Waals surface area (Å²) >= 11 is 0. The average Bonchev–Trinajstić information content (AvgIpc) is 2.89. The van der Waals surface area contributed by atoms with Gasteiger partial charge in [0, 0.05) is 33.0 Å². The molecule has 0 spiro atoms. The summed E-state index contributed by atoms with van der Waals surface area (Å²) < 4.78 is 10.8. The normalized spacial score (nSPS) is 23.4. The largest absolute Gasteiger partial charge is 0.409 e. The predicted octanol–water partition coefficient (Wildman–Crippen LogP) is -0.270. The Bertz CT molecular complexity index is 496. The van der Waals surface area contributed by atoms with Gasteiger partial charge in [0.2, 0.25) is 5.95 Å². The Kier molecular flexibility index (Phi) is 4.35. The summed E-state index contributed by atoms with van der Waals surface area (Å²) in [7, 11) is 3.30. The van der Waals surface area contributed by atoms with Gasteiger partial charge in [-0.2, -0.15) is 0 Å². The quantitative estimate of drug-likeness (QED) is 0.338. The van der Waals surface area contributed by atoms with Crippen LogP contribution >= 0.6 is 0 Å². The molecule has 2 heterocycles. The molecule has 1 aromatic rings. The second-order valence-electron chi connectivity index (χ2n) is 4.63. The van der Waals surface area contributed by atoms with Crippen LogP contribution in [-0.2, 0) is 9.47 Å². The van der Waals surface area contributed by atoms with Crippen molar-refractivity contribution in [3.8, 4) is 0 Å². The molecule has 2 rings (SSSR count). The molecular formula is C12H19N5O3. The van der Waals surface area contributed by atoms with Crippen molar-refractivity contribution in [3.05, 3.63) is 17.5 Å². The number of aromatic nitrogens is 2. The second kappa shape index (κ2) is 6.02. The number of amidine groups is 1. The smallest absolute Gasteiger partial charge is 0.226 e. The summed E-state index contributed by atoms with van der Waals surface area (Å²) in [5.74, 6) is 0.482. The minimum atomic E-state index is -0.0393. The highest BCUT2D eigenvalue weighted by Crippen LogP contribution is 2.21. The van der Waals surface area contributed by atoms with Crippen LogP contribution in [0.5, 0.6) is 0 Å². The Morgan fingerprint density at radius 1 is 1.35 bits per heavy atom. The summed E-state index contributed by atoms with van der Waals surface area (Å²) in [6.45, 7) is 3.10. The minimum Gasteiger partial charge on any atom is -0.409 e. The molecule has 0 aliphatic carbocycles. The monoisotopic (exact) mass is 281 g/mol. The van der Waals surface area contributed by atoms with Gasteiger partial charge >= 0.3 is 0 Å². The van der Waals surface area contributed by atoms with E-state index in [1.165, 1.54) is 0 Å². The van der Waals surface area contributed by atoms with Gasteiger partial charge in [-0.3, -0.25) is 0 Å². The van der Waals surface area contributed by atoms with Crippen molar-refractivity contribution in [1.82, 2.24) is 9.97 Å². The molecule has 0 saturated carbocycles. The number of hydrogen-bond donors (Lipinski definition) is 2. The predicted molar refractivity (Wildman–Crippen MR) is 73.1 cm³/mol.